The summed E-state index contributed by atoms with van der Waals surface area (Å²) in [4.78, 5) is 24.7. The summed E-state index contributed by atoms with van der Waals surface area (Å²) in [6, 6.07) is 16.1. The predicted octanol–water partition coefficient (Wildman–Crippen LogP) is 5.35. The highest BCUT2D eigenvalue weighted by molar-refractivity contribution is 5.87. The Hall–Kier alpha value is -2.80. The van der Waals surface area contributed by atoms with E-state index in [0.29, 0.717) is 25.7 Å². The number of carboxylic acids is 1. The molecule has 0 aliphatic carbocycles. The lowest BCUT2D eigenvalue weighted by atomic mass is 9.92. The summed E-state index contributed by atoms with van der Waals surface area (Å²) in [7, 11) is 0. The number of aromatic carboxylic acids is 1. The first kappa shape index (κ1) is 26.8. The number of carbonyl (C=O) groups is 2. The van der Waals surface area contributed by atoms with Crippen LogP contribution in [0.3, 0.4) is 0 Å². The average molecular weight is 488 g/mol. The van der Waals surface area contributed by atoms with Crippen LogP contribution in [0.2, 0.25) is 0 Å². The first-order valence-electron chi connectivity index (χ1n) is 12.4. The average Bonchev–Trinajstić information content (AvgIpc) is 3.06. The molecule has 3 atom stereocenters. The van der Waals surface area contributed by atoms with Crippen molar-refractivity contribution in [3.05, 3.63) is 71.3 Å². The number of aryl methyl sites for hydroxylation is 2. The summed E-state index contributed by atoms with van der Waals surface area (Å²) in [6.07, 6.45) is 3.25. The van der Waals surface area contributed by atoms with Crippen LogP contribution in [0.25, 0.3) is 0 Å². The van der Waals surface area contributed by atoms with Crippen LogP contribution in [0.1, 0.15) is 66.9 Å². The molecule has 0 spiro atoms. The van der Waals surface area contributed by atoms with Gasteiger partial charge in [-0.05, 0) is 74.1 Å². The van der Waals surface area contributed by atoms with Crippen LogP contribution >= 0.6 is 0 Å². The molecule has 2 aromatic carbocycles. The van der Waals surface area contributed by atoms with Gasteiger partial charge in [0.25, 0.3) is 5.91 Å². The largest absolute Gasteiger partial charge is 0.478 e. The summed E-state index contributed by atoms with van der Waals surface area (Å²) in [6.45, 7) is 2.16. The van der Waals surface area contributed by atoms with Crippen molar-refractivity contribution < 1.29 is 28.6 Å². The van der Waals surface area contributed by atoms with Crippen molar-refractivity contribution in [2.75, 3.05) is 6.54 Å². The van der Waals surface area contributed by atoms with Gasteiger partial charge >= 0.3 is 11.9 Å². The summed E-state index contributed by atoms with van der Waals surface area (Å²) >= 11 is 0. The molecule has 1 heterocycles. The number of carbonyl (C=O) groups excluding carboxylic acids is 1. The predicted molar refractivity (Wildman–Crippen MR) is 131 cm³/mol. The molecule has 2 aromatic rings. The maximum Gasteiger partial charge on any atom is 0.335 e. The minimum absolute atomic E-state index is 0.0475. The van der Waals surface area contributed by atoms with Gasteiger partial charge in [-0.2, -0.15) is 8.78 Å². The van der Waals surface area contributed by atoms with Gasteiger partial charge in [0.15, 0.2) is 0 Å². The van der Waals surface area contributed by atoms with Crippen molar-refractivity contribution in [3.8, 4) is 0 Å². The number of alkyl halides is 2. The molecule has 2 N–H and O–H groups in total. The Morgan fingerprint density at radius 1 is 1.06 bits per heavy atom. The number of nitrogens with zero attached hydrogens (tertiary/aromatic N) is 1. The molecular weight excluding hydrogens is 452 g/mol. The molecule has 0 aromatic heterocycles. The number of amides is 1. The fourth-order valence-corrected chi connectivity index (χ4v) is 4.84. The van der Waals surface area contributed by atoms with E-state index in [0.717, 1.165) is 24.8 Å². The van der Waals surface area contributed by atoms with E-state index >= 15 is 0 Å². The third-order valence-electron chi connectivity index (χ3n) is 6.97. The number of halogens is 2. The fourth-order valence-electron chi connectivity index (χ4n) is 4.84. The second-order valence-electron chi connectivity index (χ2n) is 9.67. The summed E-state index contributed by atoms with van der Waals surface area (Å²) in [5.74, 6) is -5.49. The molecule has 0 radical (unpaired) electrons. The maximum atomic E-state index is 14.2. The Kier molecular flexibility index (Phi) is 9.38. The number of likely N-dealkylation sites (tertiary alicyclic amines) is 1. The van der Waals surface area contributed by atoms with E-state index in [4.69, 9.17) is 5.11 Å². The van der Waals surface area contributed by atoms with Crippen LogP contribution in [-0.2, 0) is 17.6 Å². The second kappa shape index (κ2) is 12.2. The molecule has 1 aliphatic heterocycles. The van der Waals surface area contributed by atoms with Gasteiger partial charge in [0.1, 0.15) is 0 Å². The Labute approximate surface area is 205 Å². The highest BCUT2D eigenvalue weighted by Gasteiger charge is 2.52. The minimum Gasteiger partial charge on any atom is -0.478 e. The molecule has 7 heteroatoms. The zero-order valence-corrected chi connectivity index (χ0v) is 20.2. The van der Waals surface area contributed by atoms with Gasteiger partial charge in [0.05, 0.1) is 11.7 Å². The minimum atomic E-state index is -3.37. The molecule has 1 aliphatic rings. The lowest BCUT2D eigenvalue weighted by Crippen LogP contribution is -2.37. The van der Waals surface area contributed by atoms with Crippen LogP contribution in [0.5, 0.6) is 0 Å². The molecule has 5 nitrogen and oxygen atoms in total. The molecular formula is C28H35F2NO4. The third-order valence-corrected chi connectivity index (χ3v) is 6.97. The zero-order chi connectivity index (χ0) is 25.4. The van der Waals surface area contributed by atoms with Gasteiger partial charge in [-0.1, -0.05) is 49.4 Å². The van der Waals surface area contributed by atoms with E-state index in [1.54, 1.807) is 18.2 Å². The van der Waals surface area contributed by atoms with Crippen molar-refractivity contribution >= 4 is 11.9 Å². The van der Waals surface area contributed by atoms with Gasteiger partial charge in [0.2, 0.25) is 0 Å². The highest BCUT2D eigenvalue weighted by Crippen LogP contribution is 2.36. The van der Waals surface area contributed by atoms with E-state index in [9.17, 15) is 23.5 Å². The zero-order valence-electron chi connectivity index (χ0n) is 20.2. The number of benzene rings is 2. The molecule has 3 rings (SSSR count). The van der Waals surface area contributed by atoms with Crippen molar-refractivity contribution in [1.29, 1.82) is 0 Å². The number of hydrogen-bond acceptors (Lipinski definition) is 3. The monoisotopic (exact) mass is 487 g/mol. The van der Waals surface area contributed by atoms with Crippen LogP contribution in [-0.4, -0.2) is 51.6 Å². The number of hydrogen-bond donors (Lipinski definition) is 2. The lowest BCUT2D eigenvalue weighted by Gasteiger charge is -2.26. The molecule has 0 saturated carbocycles. The van der Waals surface area contributed by atoms with Gasteiger partial charge in [-0.25, -0.2) is 4.79 Å². The number of carboxylic acid groups (broad SMARTS) is 1. The van der Waals surface area contributed by atoms with Crippen molar-refractivity contribution in [2.45, 2.75) is 76.4 Å². The molecule has 35 heavy (non-hydrogen) atoms. The Morgan fingerprint density at radius 2 is 1.74 bits per heavy atom. The number of aliphatic hydroxyl groups excluding tert-OH is 1. The Balaban J connectivity index is 1.47. The number of rotatable bonds is 13. The molecule has 0 unspecified atom stereocenters. The smallest absolute Gasteiger partial charge is 0.335 e. The molecule has 0 bridgehead atoms. The van der Waals surface area contributed by atoms with E-state index in [2.05, 4.69) is 12.1 Å². The van der Waals surface area contributed by atoms with Gasteiger partial charge < -0.3 is 15.1 Å². The van der Waals surface area contributed by atoms with Crippen LogP contribution < -0.4 is 0 Å². The summed E-state index contributed by atoms with van der Waals surface area (Å²) in [5, 5.41) is 19.7. The topological polar surface area (TPSA) is 77.8 Å². The maximum absolute atomic E-state index is 14.2. The quantitative estimate of drug-likeness (QED) is 0.399. The van der Waals surface area contributed by atoms with Crippen LogP contribution in [0.15, 0.2) is 54.6 Å². The summed E-state index contributed by atoms with van der Waals surface area (Å²) < 4.78 is 28.4. The van der Waals surface area contributed by atoms with Gasteiger partial charge in [-0.3, -0.25) is 4.79 Å². The van der Waals surface area contributed by atoms with Gasteiger partial charge in [0, 0.05) is 19.0 Å². The van der Waals surface area contributed by atoms with Crippen molar-refractivity contribution in [1.82, 2.24) is 4.90 Å². The van der Waals surface area contributed by atoms with E-state index in [-0.39, 0.29) is 18.0 Å². The van der Waals surface area contributed by atoms with E-state index < -0.39 is 36.4 Å². The van der Waals surface area contributed by atoms with E-state index in [1.807, 2.05) is 25.1 Å². The second-order valence-corrected chi connectivity index (χ2v) is 9.67. The lowest BCUT2D eigenvalue weighted by molar-refractivity contribution is -0.148. The van der Waals surface area contributed by atoms with Gasteiger partial charge in [-0.15, -0.1) is 0 Å². The molecule has 1 fully saturated rings. The molecule has 190 valence electrons. The fraction of sp³-hybridized carbons (Fsp3) is 0.500. The first-order valence-corrected chi connectivity index (χ1v) is 12.4. The standard InChI is InChI=1S/C28H35F2NO4/c1-20(8-5-11-21-9-3-2-4-10-21)25(32)16-15-24-19-28(29,30)27(35)31(24)17-7-13-22-12-6-14-23(18-22)26(33)34/h2-4,6,9-10,12,14,18,20,24-25,32H,5,7-8,11,13,15-17,19H2,1H3,(H,33,34)/t20-,24-,25+/m0/s1. The highest BCUT2D eigenvalue weighted by atomic mass is 19.3. The van der Waals surface area contributed by atoms with Crippen LogP contribution in [0, 0.1) is 5.92 Å². The Bertz CT molecular complexity index is 982. The summed E-state index contributed by atoms with van der Waals surface area (Å²) in [5.41, 5.74) is 2.22. The SMILES string of the molecule is C[C@@H](CCCc1ccccc1)[C@H](O)CC[C@H]1CC(F)(F)C(=O)N1CCCc1cccc(C(=O)O)c1. The number of aliphatic hydroxyl groups is 1. The normalized spacial score (nSPS) is 19.0. The van der Waals surface area contributed by atoms with Crippen molar-refractivity contribution in [3.63, 3.8) is 0 Å². The third kappa shape index (κ3) is 7.59. The Morgan fingerprint density at radius 3 is 2.46 bits per heavy atom. The van der Waals surface area contributed by atoms with Crippen molar-refractivity contribution in [2.24, 2.45) is 5.92 Å². The first-order chi connectivity index (χ1) is 16.7. The van der Waals surface area contributed by atoms with E-state index in [1.165, 1.54) is 16.5 Å². The molecule has 1 saturated heterocycles. The molecule has 1 amide bonds. The van der Waals surface area contributed by atoms with Crippen LogP contribution in [0.4, 0.5) is 8.78 Å².